The zero-order valence-corrected chi connectivity index (χ0v) is 19.7. The summed E-state index contributed by atoms with van der Waals surface area (Å²) in [5, 5.41) is 4.55. The van der Waals surface area contributed by atoms with Gasteiger partial charge in [-0.25, -0.2) is 9.67 Å². The number of aryl methyl sites for hydroxylation is 1. The maximum Gasteiger partial charge on any atom is 0.293 e. The molecule has 0 aliphatic heterocycles. The maximum absolute atomic E-state index is 13.2. The van der Waals surface area contributed by atoms with E-state index in [0.29, 0.717) is 30.4 Å². The fourth-order valence-electron chi connectivity index (χ4n) is 3.58. The molecule has 0 fully saturated rings. The van der Waals surface area contributed by atoms with E-state index < -0.39 is 0 Å². The summed E-state index contributed by atoms with van der Waals surface area (Å²) in [4.78, 5) is 33.0. The molecule has 3 aromatic rings. The van der Waals surface area contributed by atoms with Gasteiger partial charge in [0, 0.05) is 32.7 Å². The Morgan fingerprint density at radius 2 is 1.66 bits per heavy atom. The zero-order chi connectivity index (χ0) is 23.4. The number of carbonyl (C=O) groups excluding carboxylic acids is 2. The second-order valence-electron chi connectivity index (χ2n) is 8.32. The van der Waals surface area contributed by atoms with Gasteiger partial charge in [-0.15, -0.1) is 5.10 Å². The number of benzene rings is 2. The largest absolute Gasteiger partial charge is 0.345 e. The molecule has 7 nitrogen and oxygen atoms in total. The molecule has 7 heteroatoms. The average molecular weight is 434 g/mol. The minimum atomic E-state index is -0.218. The highest BCUT2D eigenvalue weighted by Crippen LogP contribution is 2.23. The molecule has 2 amide bonds. The van der Waals surface area contributed by atoms with Crippen LogP contribution in [0.1, 0.15) is 64.6 Å². The molecule has 168 valence electrons. The van der Waals surface area contributed by atoms with Crippen LogP contribution in [0.4, 0.5) is 0 Å². The monoisotopic (exact) mass is 433 g/mol. The Kier molecular flexibility index (Phi) is 7.08. The first-order valence-electron chi connectivity index (χ1n) is 10.9. The Labute approximate surface area is 189 Å². The van der Waals surface area contributed by atoms with Crippen molar-refractivity contribution in [2.45, 2.75) is 40.2 Å². The predicted octanol–water partition coefficient (Wildman–Crippen LogP) is 4.06. The van der Waals surface area contributed by atoms with E-state index in [9.17, 15) is 9.59 Å². The summed E-state index contributed by atoms with van der Waals surface area (Å²) >= 11 is 0. The number of carbonyl (C=O) groups is 2. The second-order valence-corrected chi connectivity index (χ2v) is 8.32. The van der Waals surface area contributed by atoms with Gasteiger partial charge in [0.2, 0.25) is 5.82 Å². The van der Waals surface area contributed by atoms with Gasteiger partial charge in [-0.1, -0.05) is 44.2 Å². The van der Waals surface area contributed by atoms with Gasteiger partial charge in [-0.2, -0.15) is 0 Å². The molecule has 0 aliphatic carbocycles. The third-order valence-electron chi connectivity index (χ3n) is 5.40. The molecule has 0 atom stereocenters. The van der Waals surface area contributed by atoms with Gasteiger partial charge in [-0.05, 0) is 49.1 Å². The van der Waals surface area contributed by atoms with Crippen LogP contribution in [0.2, 0.25) is 0 Å². The zero-order valence-electron chi connectivity index (χ0n) is 19.7. The van der Waals surface area contributed by atoms with Gasteiger partial charge in [0.25, 0.3) is 11.8 Å². The minimum absolute atomic E-state index is 0.0492. The summed E-state index contributed by atoms with van der Waals surface area (Å²) in [7, 11) is 3.45. The number of aromatic nitrogens is 3. The summed E-state index contributed by atoms with van der Waals surface area (Å²) in [6.45, 7) is 8.99. The predicted molar refractivity (Wildman–Crippen MR) is 125 cm³/mol. The fourth-order valence-corrected chi connectivity index (χ4v) is 3.58. The van der Waals surface area contributed by atoms with Gasteiger partial charge >= 0.3 is 0 Å². The molecule has 0 bridgehead atoms. The van der Waals surface area contributed by atoms with E-state index in [0.717, 1.165) is 16.8 Å². The molecule has 0 saturated heterocycles. The highest BCUT2D eigenvalue weighted by Gasteiger charge is 2.22. The van der Waals surface area contributed by atoms with E-state index in [1.165, 1.54) is 0 Å². The second kappa shape index (κ2) is 9.77. The lowest BCUT2D eigenvalue weighted by Gasteiger charge is -2.19. The van der Waals surface area contributed by atoms with Crippen LogP contribution in [0.25, 0.3) is 5.69 Å². The van der Waals surface area contributed by atoms with Gasteiger partial charge in [-0.3, -0.25) is 9.59 Å². The van der Waals surface area contributed by atoms with E-state index in [2.05, 4.69) is 30.0 Å². The van der Waals surface area contributed by atoms with Crippen molar-refractivity contribution < 1.29 is 9.59 Å². The molecule has 2 aromatic carbocycles. The van der Waals surface area contributed by atoms with E-state index in [-0.39, 0.29) is 17.6 Å². The molecule has 0 spiro atoms. The van der Waals surface area contributed by atoms with Crippen LogP contribution in [-0.2, 0) is 6.54 Å². The van der Waals surface area contributed by atoms with Crippen molar-refractivity contribution in [3.63, 3.8) is 0 Å². The summed E-state index contributed by atoms with van der Waals surface area (Å²) < 4.78 is 1.75. The van der Waals surface area contributed by atoms with Crippen molar-refractivity contribution in [3.8, 4) is 5.69 Å². The standard InChI is InChI=1S/C25H31N5O2/c1-7-29(16-19-12-14-20(15-13-19)24(31)28(5)6)25(32)23-26-18(4)30(27-23)22-11-9-8-10-21(22)17(2)3/h8-15,17H,7,16H2,1-6H3. The van der Waals surface area contributed by atoms with Crippen molar-refractivity contribution in [1.29, 1.82) is 0 Å². The lowest BCUT2D eigenvalue weighted by atomic mass is 10.0. The lowest BCUT2D eigenvalue weighted by molar-refractivity contribution is 0.0739. The molecule has 1 aromatic heterocycles. The smallest absolute Gasteiger partial charge is 0.293 e. The number of hydrogen-bond donors (Lipinski definition) is 0. The van der Waals surface area contributed by atoms with Crippen molar-refractivity contribution in [2.75, 3.05) is 20.6 Å². The minimum Gasteiger partial charge on any atom is -0.345 e. The molecule has 32 heavy (non-hydrogen) atoms. The van der Waals surface area contributed by atoms with Gasteiger partial charge < -0.3 is 9.80 Å². The Bertz CT molecular complexity index is 1100. The molecular weight excluding hydrogens is 402 g/mol. The molecule has 0 saturated carbocycles. The molecule has 1 heterocycles. The normalized spacial score (nSPS) is 11.0. The Hall–Kier alpha value is -3.48. The maximum atomic E-state index is 13.2. The van der Waals surface area contributed by atoms with Crippen LogP contribution in [0.3, 0.4) is 0 Å². The summed E-state index contributed by atoms with van der Waals surface area (Å²) in [6.07, 6.45) is 0. The van der Waals surface area contributed by atoms with Crippen LogP contribution in [-0.4, -0.2) is 57.0 Å². The quantitative estimate of drug-likeness (QED) is 0.563. The van der Waals surface area contributed by atoms with Crippen molar-refractivity contribution in [3.05, 3.63) is 76.9 Å². The van der Waals surface area contributed by atoms with Gasteiger partial charge in [0.15, 0.2) is 0 Å². The molecule has 3 rings (SSSR count). The fraction of sp³-hybridized carbons (Fsp3) is 0.360. The van der Waals surface area contributed by atoms with Crippen LogP contribution in [0, 0.1) is 6.92 Å². The van der Waals surface area contributed by atoms with Crippen molar-refractivity contribution in [1.82, 2.24) is 24.6 Å². The summed E-state index contributed by atoms with van der Waals surface area (Å²) in [5.74, 6) is 0.909. The van der Waals surface area contributed by atoms with Crippen LogP contribution < -0.4 is 0 Å². The number of amides is 2. The molecule has 0 aliphatic rings. The third-order valence-corrected chi connectivity index (χ3v) is 5.40. The molecular formula is C25H31N5O2. The molecule has 0 N–H and O–H groups in total. The van der Waals surface area contributed by atoms with Gasteiger partial charge in [0.05, 0.1) is 5.69 Å². The summed E-state index contributed by atoms with van der Waals surface area (Å²) in [6, 6.07) is 15.4. The molecule has 0 unspecified atom stereocenters. The first kappa shape index (κ1) is 23.2. The Balaban J connectivity index is 1.82. The topological polar surface area (TPSA) is 71.3 Å². The lowest BCUT2D eigenvalue weighted by Crippen LogP contribution is -2.31. The number of hydrogen-bond acceptors (Lipinski definition) is 4. The number of para-hydroxylation sites is 1. The number of nitrogens with zero attached hydrogens (tertiary/aromatic N) is 5. The van der Waals surface area contributed by atoms with E-state index in [1.807, 2.05) is 44.2 Å². The van der Waals surface area contributed by atoms with Crippen LogP contribution >= 0.6 is 0 Å². The van der Waals surface area contributed by atoms with E-state index >= 15 is 0 Å². The highest BCUT2D eigenvalue weighted by molar-refractivity contribution is 5.94. The number of rotatable bonds is 7. The first-order valence-corrected chi connectivity index (χ1v) is 10.9. The molecule has 0 radical (unpaired) electrons. The van der Waals surface area contributed by atoms with Crippen LogP contribution in [0.15, 0.2) is 48.5 Å². The highest BCUT2D eigenvalue weighted by atomic mass is 16.2. The van der Waals surface area contributed by atoms with Crippen molar-refractivity contribution >= 4 is 11.8 Å². The SMILES string of the molecule is CCN(Cc1ccc(C(=O)N(C)C)cc1)C(=O)c1nc(C)n(-c2ccccc2C(C)C)n1. The third kappa shape index (κ3) is 4.88. The van der Waals surface area contributed by atoms with Gasteiger partial charge in [0.1, 0.15) is 5.82 Å². The summed E-state index contributed by atoms with van der Waals surface area (Å²) in [5.41, 5.74) is 3.65. The van der Waals surface area contributed by atoms with Crippen molar-refractivity contribution in [2.24, 2.45) is 0 Å². The van der Waals surface area contributed by atoms with Crippen LogP contribution in [0.5, 0.6) is 0 Å². The first-order chi connectivity index (χ1) is 15.2. The average Bonchev–Trinajstić information content (AvgIpc) is 3.18. The van der Waals surface area contributed by atoms with E-state index in [4.69, 9.17) is 0 Å². The Morgan fingerprint density at radius 3 is 2.25 bits per heavy atom. The Morgan fingerprint density at radius 1 is 1.00 bits per heavy atom. The van der Waals surface area contributed by atoms with E-state index in [1.54, 1.807) is 40.7 Å².